The van der Waals surface area contributed by atoms with Gasteiger partial charge in [0.05, 0.1) is 10.4 Å². The van der Waals surface area contributed by atoms with Gasteiger partial charge < -0.3 is 8.83 Å². The number of aromatic nitrogens is 1. The van der Waals surface area contributed by atoms with Crippen LogP contribution in [-0.4, -0.2) is 4.98 Å². The molecule has 5 heteroatoms. The molecule has 0 bridgehead atoms. The zero-order valence-electron chi connectivity index (χ0n) is 23.3. The number of fused-ring (bicyclic) bond motifs is 11. The maximum Gasteiger partial charge on any atom is 0.138 e. The minimum absolute atomic E-state index is 0.841. The molecule has 0 atom stereocenters. The summed E-state index contributed by atoms with van der Waals surface area (Å²) in [6, 6.07) is 44.5. The number of furan rings is 2. The summed E-state index contributed by atoms with van der Waals surface area (Å²) in [5.41, 5.74) is 5.44. The van der Waals surface area contributed by atoms with Crippen LogP contribution in [0.4, 0.5) is 17.2 Å². The lowest BCUT2D eigenvalue weighted by atomic mass is 10.1. The molecule has 4 heterocycles. The van der Waals surface area contributed by atoms with Gasteiger partial charge in [-0.2, -0.15) is 0 Å². The molecule has 0 fully saturated rings. The zero-order valence-corrected chi connectivity index (χ0v) is 24.1. The molecule has 0 N–H and O–H groups in total. The Kier molecular flexibility index (Phi) is 4.84. The van der Waals surface area contributed by atoms with Crippen LogP contribution in [0.2, 0.25) is 0 Å². The largest absolute Gasteiger partial charge is 0.456 e. The average Bonchev–Trinajstić information content (AvgIpc) is 3.75. The Morgan fingerprint density at radius 3 is 1.98 bits per heavy atom. The maximum atomic E-state index is 6.33. The molecule has 4 nitrogen and oxygen atoms in total. The van der Waals surface area contributed by atoms with Gasteiger partial charge in [0, 0.05) is 55.0 Å². The van der Waals surface area contributed by atoms with Gasteiger partial charge in [-0.1, -0.05) is 72.8 Å². The quantitative estimate of drug-likeness (QED) is 0.208. The zero-order chi connectivity index (χ0) is 28.8. The summed E-state index contributed by atoms with van der Waals surface area (Å²) in [4.78, 5) is 7.29. The molecular weight excluding hydrogens is 561 g/mol. The van der Waals surface area contributed by atoms with Crippen molar-refractivity contribution >= 4 is 103 Å². The highest BCUT2D eigenvalue weighted by Crippen LogP contribution is 2.43. The van der Waals surface area contributed by atoms with Crippen LogP contribution in [0.15, 0.2) is 142 Å². The van der Waals surface area contributed by atoms with Gasteiger partial charge in [0.15, 0.2) is 0 Å². The van der Waals surface area contributed by atoms with E-state index < -0.39 is 0 Å². The van der Waals surface area contributed by atoms with Crippen molar-refractivity contribution in [3.05, 3.63) is 134 Å². The van der Waals surface area contributed by atoms with E-state index in [0.717, 1.165) is 61.1 Å². The summed E-state index contributed by atoms with van der Waals surface area (Å²) in [6.07, 6.45) is 2.02. The SMILES string of the molecule is c1ccc2c(c1)ccc1c3cc(N(c4ccc5c(c4)oc4ccccc45)c4ccc5oc6ccccc6c5c4)ncc3sc21. The van der Waals surface area contributed by atoms with Crippen LogP contribution in [0.5, 0.6) is 0 Å². The predicted octanol–water partition coefficient (Wildman–Crippen LogP) is 11.9. The number of nitrogens with zero attached hydrogens (tertiary/aromatic N) is 2. The fourth-order valence-corrected chi connectivity index (χ4v) is 7.83. The van der Waals surface area contributed by atoms with Gasteiger partial charge in [-0.05, 0) is 59.3 Å². The fraction of sp³-hybridized carbons (Fsp3) is 0. The van der Waals surface area contributed by atoms with Crippen molar-refractivity contribution in [2.24, 2.45) is 0 Å². The van der Waals surface area contributed by atoms with Gasteiger partial charge in [-0.3, -0.25) is 4.90 Å². The third-order valence-electron chi connectivity index (χ3n) is 8.70. The Labute approximate surface area is 255 Å². The Balaban J connectivity index is 1.23. The number of hydrogen-bond donors (Lipinski definition) is 0. The molecule has 4 aromatic heterocycles. The summed E-state index contributed by atoms with van der Waals surface area (Å²) >= 11 is 1.80. The highest BCUT2D eigenvalue weighted by molar-refractivity contribution is 7.26. The molecule has 0 aliphatic carbocycles. The van der Waals surface area contributed by atoms with Crippen molar-refractivity contribution in [3.63, 3.8) is 0 Å². The van der Waals surface area contributed by atoms with E-state index in [-0.39, 0.29) is 0 Å². The topological polar surface area (TPSA) is 42.4 Å². The standard InChI is InChI=1S/C39H22N2O2S/c1-2-8-26-23(7-1)13-16-30-32-21-38(40-22-37(32)44-39(26)30)41(24-15-18-35-31(19-24)28-10-4-6-12-34(28)42-35)25-14-17-29-27-9-3-5-11-33(27)43-36(29)20-25/h1-22H. The van der Waals surface area contributed by atoms with E-state index in [9.17, 15) is 0 Å². The lowest BCUT2D eigenvalue weighted by molar-refractivity contribution is 0.668. The smallest absolute Gasteiger partial charge is 0.138 e. The van der Waals surface area contributed by atoms with Gasteiger partial charge >= 0.3 is 0 Å². The highest BCUT2D eigenvalue weighted by atomic mass is 32.1. The van der Waals surface area contributed by atoms with Crippen molar-refractivity contribution in [3.8, 4) is 0 Å². The fourth-order valence-electron chi connectivity index (χ4n) is 6.64. The molecule has 6 aromatic carbocycles. The Bertz CT molecular complexity index is 2750. The normalized spacial score (nSPS) is 12.1. The van der Waals surface area contributed by atoms with Crippen molar-refractivity contribution in [2.75, 3.05) is 4.90 Å². The molecule has 10 rings (SSSR count). The van der Waals surface area contributed by atoms with Crippen LogP contribution in [0.1, 0.15) is 0 Å². The lowest BCUT2D eigenvalue weighted by Crippen LogP contribution is -2.11. The number of para-hydroxylation sites is 2. The summed E-state index contributed by atoms with van der Waals surface area (Å²) in [6.45, 7) is 0. The van der Waals surface area contributed by atoms with Crippen LogP contribution in [0.3, 0.4) is 0 Å². The lowest BCUT2D eigenvalue weighted by Gasteiger charge is -2.24. The summed E-state index contributed by atoms with van der Waals surface area (Å²) in [5, 5.41) is 9.35. The predicted molar refractivity (Wildman–Crippen MR) is 184 cm³/mol. The average molecular weight is 583 g/mol. The van der Waals surface area contributed by atoms with Crippen LogP contribution < -0.4 is 4.90 Å². The molecular formula is C39H22N2O2S. The molecule has 0 saturated heterocycles. The van der Waals surface area contributed by atoms with Crippen molar-refractivity contribution in [2.45, 2.75) is 0 Å². The number of thiophene rings is 1. The van der Waals surface area contributed by atoms with Crippen LogP contribution in [0.25, 0.3) is 74.8 Å². The Morgan fingerprint density at radius 2 is 1.11 bits per heavy atom. The first-order chi connectivity index (χ1) is 21.8. The summed E-state index contributed by atoms with van der Waals surface area (Å²) < 4.78 is 15.0. The highest BCUT2D eigenvalue weighted by Gasteiger charge is 2.20. The van der Waals surface area contributed by atoms with E-state index in [1.807, 2.05) is 30.5 Å². The third-order valence-corrected chi connectivity index (χ3v) is 9.89. The van der Waals surface area contributed by atoms with E-state index in [2.05, 4.69) is 108 Å². The second-order valence-electron chi connectivity index (χ2n) is 11.2. The second-order valence-corrected chi connectivity index (χ2v) is 12.2. The van der Waals surface area contributed by atoms with E-state index in [1.54, 1.807) is 11.3 Å². The van der Waals surface area contributed by atoms with Gasteiger partial charge in [0.2, 0.25) is 0 Å². The molecule has 0 amide bonds. The first kappa shape index (κ1) is 23.9. The first-order valence-corrected chi connectivity index (χ1v) is 15.4. The minimum atomic E-state index is 0.841. The number of anilines is 3. The molecule has 0 spiro atoms. The molecule has 0 unspecified atom stereocenters. The molecule has 206 valence electrons. The van der Waals surface area contributed by atoms with E-state index >= 15 is 0 Å². The summed E-state index contributed by atoms with van der Waals surface area (Å²) in [5.74, 6) is 0.841. The Morgan fingerprint density at radius 1 is 0.477 bits per heavy atom. The third kappa shape index (κ3) is 3.41. The second kappa shape index (κ2) is 8.93. The number of rotatable bonds is 3. The maximum absolute atomic E-state index is 6.33. The number of benzene rings is 6. The Hall–Kier alpha value is -5.65. The minimum Gasteiger partial charge on any atom is -0.456 e. The molecule has 44 heavy (non-hydrogen) atoms. The van der Waals surface area contributed by atoms with E-state index in [4.69, 9.17) is 13.8 Å². The van der Waals surface area contributed by atoms with Crippen LogP contribution >= 0.6 is 11.3 Å². The van der Waals surface area contributed by atoms with Crippen LogP contribution in [-0.2, 0) is 0 Å². The van der Waals surface area contributed by atoms with E-state index in [1.165, 1.54) is 30.9 Å². The molecule has 10 aromatic rings. The van der Waals surface area contributed by atoms with Gasteiger partial charge in [-0.25, -0.2) is 4.98 Å². The van der Waals surface area contributed by atoms with Gasteiger partial charge in [0.25, 0.3) is 0 Å². The van der Waals surface area contributed by atoms with E-state index in [0.29, 0.717) is 0 Å². The van der Waals surface area contributed by atoms with Gasteiger partial charge in [-0.15, -0.1) is 11.3 Å². The molecule has 0 radical (unpaired) electrons. The number of hydrogen-bond acceptors (Lipinski definition) is 5. The van der Waals surface area contributed by atoms with Crippen molar-refractivity contribution < 1.29 is 8.83 Å². The van der Waals surface area contributed by atoms with Crippen LogP contribution in [0, 0.1) is 0 Å². The molecule has 0 aliphatic heterocycles. The molecule has 0 saturated carbocycles. The van der Waals surface area contributed by atoms with Gasteiger partial charge in [0.1, 0.15) is 28.1 Å². The number of pyridine rings is 1. The first-order valence-electron chi connectivity index (χ1n) is 14.6. The van der Waals surface area contributed by atoms with Crippen molar-refractivity contribution in [1.29, 1.82) is 0 Å². The monoisotopic (exact) mass is 582 g/mol. The molecule has 0 aliphatic rings. The summed E-state index contributed by atoms with van der Waals surface area (Å²) in [7, 11) is 0. The van der Waals surface area contributed by atoms with Crippen molar-refractivity contribution in [1.82, 2.24) is 4.98 Å².